The first kappa shape index (κ1) is 13.6. The summed E-state index contributed by atoms with van der Waals surface area (Å²) in [5.74, 6) is 0. The van der Waals surface area contributed by atoms with Crippen LogP contribution in [0.3, 0.4) is 0 Å². The molecule has 2 aromatic rings. The van der Waals surface area contributed by atoms with E-state index in [1.165, 1.54) is 11.0 Å². The highest BCUT2D eigenvalue weighted by atomic mass is 32.2. The highest BCUT2D eigenvalue weighted by molar-refractivity contribution is 7.94. The van der Waals surface area contributed by atoms with E-state index < -0.39 is 16.1 Å². The number of sulfonamides is 1. The minimum absolute atomic E-state index is 0.133. The van der Waals surface area contributed by atoms with E-state index in [1.807, 2.05) is 13.0 Å². The summed E-state index contributed by atoms with van der Waals surface area (Å²) in [6, 6.07) is 12.8. The third-order valence-corrected chi connectivity index (χ3v) is 5.19. The van der Waals surface area contributed by atoms with Gasteiger partial charge in [-0.15, -0.1) is 0 Å². The average Bonchev–Trinajstić information content (AvgIpc) is 2.45. The number of urea groups is 1. The maximum absolute atomic E-state index is 12.8. The smallest absolute Gasteiger partial charge is 0.295 e. The summed E-state index contributed by atoms with van der Waals surface area (Å²) in [6.45, 7) is 1.85. The second kappa shape index (κ2) is 4.60. The number of carbonyl (C=O) groups excluding carboxylic acids is 1. The van der Waals surface area contributed by atoms with Crippen molar-refractivity contribution in [1.29, 1.82) is 0 Å². The number of aryl methyl sites for hydroxylation is 1. The van der Waals surface area contributed by atoms with Gasteiger partial charge in [0.15, 0.2) is 0 Å². The Kier molecular flexibility index (Phi) is 2.98. The van der Waals surface area contributed by atoms with Gasteiger partial charge < -0.3 is 0 Å². The molecule has 0 aromatic heterocycles. The Morgan fingerprint density at radius 1 is 1.00 bits per heavy atom. The second-order valence-corrected chi connectivity index (χ2v) is 6.67. The lowest BCUT2D eigenvalue weighted by atomic mass is 10.2. The molecule has 2 amide bonds. The van der Waals surface area contributed by atoms with Crippen molar-refractivity contribution in [3.63, 3.8) is 0 Å². The molecule has 0 fully saturated rings. The summed E-state index contributed by atoms with van der Waals surface area (Å²) in [6.07, 6.45) is 0. The molecule has 0 unspecified atom stereocenters. The second-order valence-electron chi connectivity index (χ2n) is 4.92. The number of amides is 2. The normalized spacial score (nSPS) is 16.8. The molecule has 0 spiro atoms. The summed E-state index contributed by atoms with van der Waals surface area (Å²) < 4.78 is 26.4. The number of hydrogen-bond donors (Lipinski definition) is 0. The van der Waals surface area contributed by atoms with E-state index in [4.69, 9.17) is 0 Å². The van der Waals surface area contributed by atoms with Gasteiger partial charge in [0.25, 0.3) is 10.0 Å². The van der Waals surface area contributed by atoms with Crippen molar-refractivity contribution in [2.24, 2.45) is 0 Å². The molecule has 0 atom stereocenters. The highest BCUT2D eigenvalue weighted by Gasteiger charge is 2.40. The van der Waals surface area contributed by atoms with Crippen LogP contribution in [0.15, 0.2) is 53.4 Å². The molecular weight excluding hydrogens is 288 g/mol. The van der Waals surface area contributed by atoms with E-state index in [1.54, 1.807) is 43.4 Å². The molecule has 0 N–H and O–H groups in total. The Morgan fingerprint density at radius 3 is 2.43 bits per heavy atom. The van der Waals surface area contributed by atoms with Gasteiger partial charge in [0, 0.05) is 7.05 Å². The molecule has 1 heterocycles. The Balaban J connectivity index is 2.26. The van der Waals surface area contributed by atoms with E-state index in [0.29, 0.717) is 11.4 Å². The zero-order chi connectivity index (χ0) is 15.2. The maximum atomic E-state index is 12.8. The van der Waals surface area contributed by atoms with Crippen LogP contribution in [0.2, 0.25) is 0 Å². The summed E-state index contributed by atoms with van der Waals surface area (Å²) in [5.41, 5.74) is 1.63. The summed E-state index contributed by atoms with van der Waals surface area (Å²) in [7, 11) is -2.32. The van der Waals surface area contributed by atoms with E-state index >= 15 is 0 Å². The van der Waals surface area contributed by atoms with Crippen molar-refractivity contribution in [3.05, 3.63) is 54.1 Å². The van der Waals surface area contributed by atoms with Crippen molar-refractivity contribution in [1.82, 2.24) is 0 Å². The van der Waals surface area contributed by atoms with E-state index in [9.17, 15) is 13.2 Å². The van der Waals surface area contributed by atoms with Crippen LogP contribution in [-0.2, 0) is 10.0 Å². The van der Waals surface area contributed by atoms with Crippen molar-refractivity contribution >= 4 is 27.4 Å². The van der Waals surface area contributed by atoms with Crippen LogP contribution in [0, 0.1) is 6.92 Å². The number of fused-ring (bicyclic) bond motifs is 1. The predicted molar refractivity (Wildman–Crippen MR) is 81.1 cm³/mol. The Bertz CT molecular complexity index is 830. The van der Waals surface area contributed by atoms with Crippen LogP contribution in [0.4, 0.5) is 16.2 Å². The van der Waals surface area contributed by atoms with E-state index in [0.717, 1.165) is 9.87 Å². The first-order chi connectivity index (χ1) is 9.93. The standard InChI is InChI=1S/C15H14N2O3S/c1-11-6-5-7-12(10-11)17-15(18)16(2)13-8-3-4-9-14(13)21(17,19)20/h3-10H,1-2H3. The van der Waals surface area contributed by atoms with Gasteiger partial charge in [0.2, 0.25) is 0 Å². The molecule has 0 saturated heterocycles. The highest BCUT2D eigenvalue weighted by Crippen LogP contribution is 2.36. The maximum Gasteiger partial charge on any atom is 0.342 e. The Morgan fingerprint density at radius 2 is 1.71 bits per heavy atom. The average molecular weight is 302 g/mol. The van der Waals surface area contributed by atoms with Crippen LogP contribution in [0.1, 0.15) is 5.56 Å². The van der Waals surface area contributed by atoms with E-state index in [-0.39, 0.29) is 4.90 Å². The number of benzene rings is 2. The van der Waals surface area contributed by atoms with Crippen molar-refractivity contribution in [2.75, 3.05) is 16.3 Å². The number of carbonyl (C=O) groups is 1. The summed E-state index contributed by atoms with van der Waals surface area (Å²) >= 11 is 0. The third kappa shape index (κ3) is 1.99. The van der Waals surface area contributed by atoms with Crippen LogP contribution < -0.4 is 9.21 Å². The molecule has 0 bridgehead atoms. The number of anilines is 2. The van der Waals surface area contributed by atoms with Gasteiger partial charge in [0.1, 0.15) is 4.90 Å². The molecule has 0 aliphatic carbocycles. The summed E-state index contributed by atoms with van der Waals surface area (Å²) in [4.78, 5) is 14.0. The SMILES string of the molecule is Cc1cccc(N2C(=O)N(C)c3ccccc3S2(=O)=O)c1. The third-order valence-electron chi connectivity index (χ3n) is 3.44. The van der Waals surface area contributed by atoms with Crippen molar-refractivity contribution in [2.45, 2.75) is 11.8 Å². The zero-order valence-corrected chi connectivity index (χ0v) is 12.5. The lowest BCUT2D eigenvalue weighted by Crippen LogP contribution is -2.49. The topological polar surface area (TPSA) is 57.7 Å². The van der Waals surface area contributed by atoms with Crippen LogP contribution >= 0.6 is 0 Å². The lowest BCUT2D eigenvalue weighted by molar-refractivity contribution is 0.255. The van der Waals surface area contributed by atoms with Crippen LogP contribution in [-0.4, -0.2) is 21.5 Å². The number of rotatable bonds is 1. The fraction of sp³-hybridized carbons (Fsp3) is 0.133. The quantitative estimate of drug-likeness (QED) is 0.814. The molecule has 5 nitrogen and oxygen atoms in total. The molecule has 6 heteroatoms. The van der Waals surface area contributed by atoms with Gasteiger partial charge in [-0.1, -0.05) is 24.3 Å². The molecule has 1 aliphatic rings. The minimum atomic E-state index is -3.89. The number of hydrogen-bond acceptors (Lipinski definition) is 3. The van der Waals surface area contributed by atoms with Gasteiger partial charge in [-0.2, -0.15) is 4.31 Å². The molecule has 0 radical (unpaired) electrons. The van der Waals surface area contributed by atoms with Crippen LogP contribution in [0.5, 0.6) is 0 Å². The molecule has 108 valence electrons. The lowest BCUT2D eigenvalue weighted by Gasteiger charge is -2.34. The van der Waals surface area contributed by atoms with Crippen molar-refractivity contribution in [3.8, 4) is 0 Å². The van der Waals surface area contributed by atoms with Crippen molar-refractivity contribution < 1.29 is 13.2 Å². The number of nitrogens with zero attached hydrogens (tertiary/aromatic N) is 2. The Hall–Kier alpha value is -2.34. The summed E-state index contributed by atoms with van der Waals surface area (Å²) in [5, 5.41) is 0. The molecule has 3 rings (SSSR count). The molecular formula is C15H14N2O3S. The fourth-order valence-corrected chi connectivity index (χ4v) is 4.03. The Labute approximate surface area is 123 Å². The van der Waals surface area contributed by atoms with E-state index in [2.05, 4.69) is 0 Å². The van der Waals surface area contributed by atoms with Gasteiger partial charge >= 0.3 is 6.03 Å². The predicted octanol–water partition coefficient (Wildman–Crippen LogP) is 2.76. The zero-order valence-electron chi connectivity index (χ0n) is 11.6. The van der Waals surface area contributed by atoms with Gasteiger partial charge in [0.05, 0.1) is 11.4 Å². The molecule has 1 aliphatic heterocycles. The number of para-hydroxylation sites is 1. The van der Waals surface area contributed by atoms with Crippen LogP contribution in [0.25, 0.3) is 0 Å². The van der Waals surface area contributed by atoms with Gasteiger partial charge in [-0.25, -0.2) is 13.2 Å². The largest absolute Gasteiger partial charge is 0.342 e. The first-order valence-electron chi connectivity index (χ1n) is 6.41. The molecule has 21 heavy (non-hydrogen) atoms. The molecule has 0 saturated carbocycles. The monoisotopic (exact) mass is 302 g/mol. The minimum Gasteiger partial charge on any atom is -0.295 e. The molecule has 2 aromatic carbocycles. The van der Waals surface area contributed by atoms with Gasteiger partial charge in [-0.05, 0) is 36.8 Å². The fourth-order valence-electron chi connectivity index (χ4n) is 2.40. The van der Waals surface area contributed by atoms with Gasteiger partial charge in [-0.3, -0.25) is 4.90 Å². The first-order valence-corrected chi connectivity index (χ1v) is 7.85.